The van der Waals surface area contributed by atoms with E-state index < -0.39 is 0 Å². The van der Waals surface area contributed by atoms with Gasteiger partial charge < -0.3 is 4.90 Å². The third-order valence-electron chi connectivity index (χ3n) is 3.46. The van der Waals surface area contributed by atoms with Gasteiger partial charge in [-0.1, -0.05) is 35.3 Å². The van der Waals surface area contributed by atoms with Crippen molar-refractivity contribution in [1.82, 2.24) is 0 Å². The predicted molar refractivity (Wildman–Crippen MR) is 83.5 cm³/mol. The largest absolute Gasteiger partial charge is 0.307 e. The van der Waals surface area contributed by atoms with E-state index in [0.29, 0.717) is 39.8 Å². The Kier molecular flexibility index (Phi) is 3.70. The van der Waals surface area contributed by atoms with E-state index in [9.17, 15) is 9.59 Å². The van der Waals surface area contributed by atoms with E-state index in [1.807, 2.05) is 0 Å². The molecule has 0 fully saturated rings. The third-order valence-corrected chi connectivity index (χ3v) is 4.03. The number of ketones is 1. The van der Waals surface area contributed by atoms with Crippen LogP contribution in [0.15, 0.2) is 42.5 Å². The highest BCUT2D eigenvalue weighted by atomic mass is 35.5. The number of rotatable bonds is 1. The average Bonchev–Trinajstić information content (AvgIpc) is 2.50. The Hall–Kier alpha value is -1.84. The first-order valence-electron chi connectivity index (χ1n) is 6.47. The summed E-state index contributed by atoms with van der Waals surface area (Å²) in [7, 11) is 0. The van der Waals surface area contributed by atoms with Crippen LogP contribution in [0.4, 0.5) is 5.69 Å². The molecule has 0 radical (unpaired) electrons. The first-order chi connectivity index (χ1) is 10.1. The molecule has 1 aliphatic heterocycles. The normalized spacial score (nSPS) is 14.0. The van der Waals surface area contributed by atoms with E-state index in [-0.39, 0.29) is 11.7 Å². The van der Waals surface area contributed by atoms with Gasteiger partial charge in [0, 0.05) is 23.6 Å². The summed E-state index contributed by atoms with van der Waals surface area (Å²) >= 11 is 12.0. The first-order valence-corrected chi connectivity index (χ1v) is 7.22. The number of carbonyl (C=O) groups excluding carboxylic acids is 2. The van der Waals surface area contributed by atoms with Crippen LogP contribution in [0.5, 0.6) is 0 Å². The monoisotopic (exact) mass is 319 g/mol. The van der Waals surface area contributed by atoms with E-state index in [4.69, 9.17) is 23.2 Å². The second-order valence-electron chi connectivity index (χ2n) is 4.77. The van der Waals surface area contributed by atoms with E-state index in [1.165, 1.54) is 0 Å². The van der Waals surface area contributed by atoms with Gasteiger partial charge in [0.25, 0.3) is 5.91 Å². The molecule has 0 atom stereocenters. The number of benzene rings is 2. The molecule has 0 aromatic heterocycles. The highest BCUT2D eigenvalue weighted by Crippen LogP contribution is 2.30. The van der Waals surface area contributed by atoms with Gasteiger partial charge in [-0.2, -0.15) is 0 Å². The Labute approximate surface area is 132 Å². The number of para-hydroxylation sites is 1. The molecule has 0 aliphatic carbocycles. The van der Waals surface area contributed by atoms with Crippen LogP contribution in [0.3, 0.4) is 0 Å². The minimum atomic E-state index is -0.248. The van der Waals surface area contributed by atoms with Crippen LogP contribution in [-0.2, 0) is 0 Å². The van der Waals surface area contributed by atoms with Gasteiger partial charge in [-0.05, 0) is 30.3 Å². The SMILES string of the molecule is O=C1CCN(C(=O)c2cc(Cl)ccc2Cl)c2ccccc21. The molecule has 2 aromatic rings. The number of fused-ring (bicyclic) bond motifs is 1. The Morgan fingerprint density at radius 1 is 1.10 bits per heavy atom. The average molecular weight is 320 g/mol. The molecule has 21 heavy (non-hydrogen) atoms. The Morgan fingerprint density at radius 2 is 1.86 bits per heavy atom. The van der Waals surface area contributed by atoms with Crippen molar-refractivity contribution >= 4 is 40.6 Å². The minimum absolute atomic E-state index is 0.0480. The molecule has 0 N–H and O–H groups in total. The lowest BCUT2D eigenvalue weighted by Gasteiger charge is -2.29. The van der Waals surface area contributed by atoms with Gasteiger partial charge in [0.15, 0.2) is 5.78 Å². The highest BCUT2D eigenvalue weighted by Gasteiger charge is 2.28. The van der Waals surface area contributed by atoms with Crippen LogP contribution in [0.2, 0.25) is 10.0 Å². The van der Waals surface area contributed by atoms with Crippen LogP contribution in [0.1, 0.15) is 27.1 Å². The van der Waals surface area contributed by atoms with Gasteiger partial charge in [0.05, 0.1) is 16.3 Å². The van der Waals surface area contributed by atoms with Gasteiger partial charge in [-0.3, -0.25) is 9.59 Å². The molecule has 0 spiro atoms. The molecule has 1 heterocycles. The molecule has 3 rings (SSSR count). The topological polar surface area (TPSA) is 37.4 Å². The zero-order valence-corrected chi connectivity index (χ0v) is 12.5. The molecule has 2 aromatic carbocycles. The van der Waals surface area contributed by atoms with Crippen molar-refractivity contribution in [3.8, 4) is 0 Å². The van der Waals surface area contributed by atoms with Crippen molar-refractivity contribution in [3.05, 3.63) is 63.6 Å². The van der Waals surface area contributed by atoms with Crippen LogP contribution >= 0.6 is 23.2 Å². The molecule has 1 aliphatic rings. The maximum atomic E-state index is 12.7. The highest BCUT2D eigenvalue weighted by molar-refractivity contribution is 6.36. The zero-order chi connectivity index (χ0) is 15.0. The zero-order valence-electron chi connectivity index (χ0n) is 11.0. The van der Waals surface area contributed by atoms with Crippen LogP contribution in [0.25, 0.3) is 0 Å². The summed E-state index contributed by atoms with van der Waals surface area (Å²) in [6, 6.07) is 11.9. The lowest BCUT2D eigenvalue weighted by atomic mass is 9.99. The number of halogens is 2. The Balaban J connectivity index is 2.05. The number of hydrogen-bond acceptors (Lipinski definition) is 2. The van der Waals surface area contributed by atoms with Crippen molar-refractivity contribution in [2.75, 3.05) is 11.4 Å². The van der Waals surface area contributed by atoms with Crippen LogP contribution in [-0.4, -0.2) is 18.2 Å². The number of Topliss-reactive ketones (excluding diaryl/α,β-unsaturated/α-hetero) is 1. The summed E-state index contributed by atoms with van der Waals surface area (Å²) in [5.41, 5.74) is 1.53. The number of amides is 1. The number of nitrogens with zero attached hydrogens (tertiary/aromatic N) is 1. The van der Waals surface area contributed by atoms with Crippen molar-refractivity contribution in [2.24, 2.45) is 0 Å². The fourth-order valence-electron chi connectivity index (χ4n) is 2.43. The number of hydrogen-bond donors (Lipinski definition) is 0. The van der Waals surface area contributed by atoms with Crippen LogP contribution < -0.4 is 4.90 Å². The van der Waals surface area contributed by atoms with Gasteiger partial charge in [0.1, 0.15) is 0 Å². The van der Waals surface area contributed by atoms with E-state index >= 15 is 0 Å². The molecule has 0 unspecified atom stereocenters. The summed E-state index contributed by atoms with van der Waals surface area (Å²) in [6.45, 7) is 0.345. The molecule has 1 amide bonds. The smallest absolute Gasteiger partial charge is 0.259 e. The second-order valence-corrected chi connectivity index (χ2v) is 5.61. The van der Waals surface area contributed by atoms with Crippen molar-refractivity contribution < 1.29 is 9.59 Å². The Bertz CT molecular complexity index is 743. The third kappa shape index (κ3) is 2.55. The second kappa shape index (κ2) is 5.51. The summed E-state index contributed by atoms with van der Waals surface area (Å²) in [6.07, 6.45) is 0.306. The molecular formula is C16H11Cl2NO2. The van der Waals surface area contributed by atoms with Gasteiger partial charge >= 0.3 is 0 Å². The Morgan fingerprint density at radius 3 is 2.67 bits per heavy atom. The van der Waals surface area contributed by atoms with E-state index in [0.717, 1.165) is 0 Å². The van der Waals surface area contributed by atoms with Crippen LogP contribution in [0, 0.1) is 0 Å². The quantitative estimate of drug-likeness (QED) is 0.789. The van der Waals surface area contributed by atoms with Gasteiger partial charge in [-0.25, -0.2) is 0 Å². The summed E-state index contributed by atoms with van der Waals surface area (Å²) in [5, 5.41) is 0.794. The maximum absolute atomic E-state index is 12.7. The minimum Gasteiger partial charge on any atom is -0.307 e. The fraction of sp³-hybridized carbons (Fsp3) is 0.125. The van der Waals surface area contributed by atoms with Crippen molar-refractivity contribution in [3.63, 3.8) is 0 Å². The number of carbonyl (C=O) groups is 2. The predicted octanol–water partition coefficient (Wildman–Crippen LogP) is 4.23. The van der Waals surface area contributed by atoms with Crippen molar-refractivity contribution in [2.45, 2.75) is 6.42 Å². The summed E-state index contributed by atoms with van der Waals surface area (Å²) in [4.78, 5) is 26.2. The molecule has 3 nitrogen and oxygen atoms in total. The van der Waals surface area contributed by atoms with Crippen molar-refractivity contribution in [1.29, 1.82) is 0 Å². The molecular weight excluding hydrogens is 309 g/mol. The van der Waals surface area contributed by atoms with E-state index in [1.54, 1.807) is 47.4 Å². The lowest BCUT2D eigenvalue weighted by molar-refractivity contribution is 0.0955. The first kappa shape index (κ1) is 14.1. The lowest BCUT2D eigenvalue weighted by Crippen LogP contribution is -2.37. The van der Waals surface area contributed by atoms with Gasteiger partial charge in [-0.15, -0.1) is 0 Å². The molecule has 0 bridgehead atoms. The molecule has 106 valence electrons. The molecule has 0 saturated carbocycles. The fourth-order valence-corrected chi connectivity index (χ4v) is 2.80. The standard InChI is InChI=1S/C16H11Cl2NO2/c17-10-5-6-13(18)12(9-10)16(21)19-8-7-15(20)11-3-1-2-4-14(11)19/h1-6,9H,7-8H2. The van der Waals surface area contributed by atoms with Gasteiger partial charge in [0.2, 0.25) is 0 Å². The summed E-state index contributed by atoms with van der Waals surface area (Å²) < 4.78 is 0. The maximum Gasteiger partial charge on any atom is 0.259 e. The molecule has 5 heteroatoms. The van der Waals surface area contributed by atoms with E-state index in [2.05, 4.69) is 0 Å². The molecule has 0 saturated heterocycles. The summed E-state index contributed by atoms with van der Waals surface area (Å²) in [5.74, 6) is -0.200. The number of anilines is 1.